The molecule has 6 nitrogen and oxygen atoms in total. The van der Waals surface area contributed by atoms with Crippen molar-refractivity contribution in [2.75, 3.05) is 10.6 Å². The molecule has 0 unspecified atom stereocenters. The van der Waals surface area contributed by atoms with Gasteiger partial charge in [-0.1, -0.05) is 6.07 Å². The van der Waals surface area contributed by atoms with Crippen LogP contribution in [0.1, 0.15) is 25.0 Å². The minimum atomic E-state index is -0.310. The van der Waals surface area contributed by atoms with Gasteiger partial charge in [0.1, 0.15) is 0 Å². The van der Waals surface area contributed by atoms with E-state index in [0.717, 1.165) is 27.8 Å². The number of urea groups is 1. The Balaban J connectivity index is 1.86. The standard InChI is InChI=1S/C20H24N4O2/c1-5-23-17-8-7-15(12-18(17)24(6-2)20(23)26)21-19(25)22-16-10-13(3)9-14(4)11-16/h7-12H,5-6H2,1-4H3,(H2,21,22,25). The largest absolute Gasteiger partial charge is 0.329 e. The number of amides is 2. The van der Waals surface area contributed by atoms with E-state index in [1.165, 1.54) is 0 Å². The number of carbonyl (C=O) groups is 1. The van der Waals surface area contributed by atoms with Crippen molar-refractivity contribution in [1.29, 1.82) is 0 Å². The van der Waals surface area contributed by atoms with Crippen LogP contribution in [0.3, 0.4) is 0 Å². The third-order valence-electron chi connectivity index (χ3n) is 4.39. The monoisotopic (exact) mass is 352 g/mol. The zero-order chi connectivity index (χ0) is 18.8. The molecule has 0 aliphatic heterocycles. The summed E-state index contributed by atoms with van der Waals surface area (Å²) in [6.07, 6.45) is 0. The number of carbonyl (C=O) groups excluding carboxylic acids is 1. The molecule has 0 spiro atoms. The third-order valence-corrected chi connectivity index (χ3v) is 4.39. The van der Waals surface area contributed by atoms with Crippen molar-refractivity contribution >= 4 is 28.4 Å². The fourth-order valence-electron chi connectivity index (χ4n) is 3.35. The maximum atomic E-state index is 12.4. The molecular weight excluding hydrogens is 328 g/mol. The lowest BCUT2D eigenvalue weighted by Gasteiger charge is -2.10. The molecule has 2 amide bonds. The minimum absolute atomic E-state index is 0.0261. The molecule has 26 heavy (non-hydrogen) atoms. The number of rotatable bonds is 4. The second-order valence-corrected chi connectivity index (χ2v) is 6.43. The average Bonchev–Trinajstić information content (AvgIpc) is 2.83. The zero-order valence-electron chi connectivity index (χ0n) is 15.6. The summed E-state index contributed by atoms with van der Waals surface area (Å²) in [6.45, 7) is 9.07. The van der Waals surface area contributed by atoms with Crippen molar-refractivity contribution in [3.8, 4) is 0 Å². The van der Waals surface area contributed by atoms with Gasteiger partial charge in [-0.25, -0.2) is 9.59 Å². The molecule has 3 rings (SSSR count). The zero-order valence-corrected chi connectivity index (χ0v) is 15.6. The van der Waals surface area contributed by atoms with E-state index < -0.39 is 0 Å². The molecule has 1 aromatic heterocycles. The molecule has 0 saturated heterocycles. The Morgan fingerprint density at radius 1 is 0.846 bits per heavy atom. The van der Waals surface area contributed by atoms with E-state index in [2.05, 4.69) is 16.7 Å². The van der Waals surface area contributed by atoms with Crippen LogP contribution in [0.25, 0.3) is 11.0 Å². The second-order valence-electron chi connectivity index (χ2n) is 6.43. The highest BCUT2D eigenvalue weighted by molar-refractivity contribution is 6.00. The minimum Gasteiger partial charge on any atom is -0.308 e. The summed E-state index contributed by atoms with van der Waals surface area (Å²) in [4.78, 5) is 24.7. The van der Waals surface area contributed by atoms with Crippen molar-refractivity contribution in [3.63, 3.8) is 0 Å². The summed E-state index contributed by atoms with van der Waals surface area (Å²) in [7, 11) is 0. The Morgan fingerprint density at radius 3 is 2.04 bits per heavy atom. The molecule has 0 radical (unpaired) electrons. The average molecular weight is 352 g/mol. The van der Waals surface area contributed by atoms with Gasteiger partial charge < -0.3 is 10.6 Å². The summed E-state index contributed by atoms with van der Waals surface area (Å²) in [6, 6.07) is 11.1. The summed E-state index contributed by atoms with van der Waals surface area (Å²) < 4.78 is 3.45. The first-order chi connectivity index (χ1) is 12.4. The highest BCUT2D eigenvalue weighted by Gasteiger charge is 2.12. The number of hydrogen-bond acceptors (Lipinski definition) is 2. The van der Waals surface area contributed by atoms with Crippen LogP contribution in [0.5, 0.6) is 0 Å². The van der Waals surface area contributed by atoms with Gasteiger partial charge in [-0.2, -0.15) is 0 Å². The number of aryl methyl sites for hydroxylation is 4. The lowest BCUT2D eigenvalue weighted by atomic mass is 10.1. The van der Waals surface area contributed by atoms with Crippen LogP contribution >= 0.6 is 0 Å². The van der Waals surface area contributed by atoms with E-state index in [4.69, 9.17) is 0 Å². The molecular formula is C20H24N4O2. The predicted octanol–water partition coefficient (Wildman–Crippen LogP) is 4.10. The summed E-state index contributed by atoms with van der Waals surface area (Å²) in [5.74, 6) is 0. The van der Waals surface area contributed by atoms with E-state index >= 15 is 0 Å². The second kappa shape index (κ2) is 7.07. The fourth-order valence-corrected chi connectivity index (χ4v) is 3.35. The highest BCUT2D eigenvalue weighted by atomic mass is 16.2. The van der Waals surface area contributed by atoms with Gasteiger partial charge in [0.15, 0.2) is 0 Å². The predicted molar refractivity (Wildman–Crippen MR) is 106 cm³/mol. The Kier molecular flexibility index (Phi) is 4.84. The Bertz CT molecular complexity index is 1010. The number of benzene rings is 2. The van der Waals surface area contributed by atoms with E-state index in [-0.39, 0.29) is 11.7 Å². The van der Waals surface area contributed by atoms with Gasteiger partial charge >= 0.3 is 11.7 Å². The van der Waals surface area contributed by atoms with Crippen LogP contribution < -0.4 is 16.3 Å². The molecule has 2 aromatic carbocycles. The quantitative estimate of drug-likeness (QED) is 0.742. The van der Waals surface area contributed by atoms with E-state index in [1.807, 2.05) is 58.0 Å². The van der Waals surface area contributed by atoms with Crippen LogP contribution in [0, 0.1) is 13.8 Å². The Morgan fingerprint density at radius 2 is 1.42 bits per heavy atom. The van der Waals surface area contributed by atoms with E-state index in [0.29, 0.717) is 18.8 Å². The Hall–Kier alpha value is -3.02. The topological polar surface area (TPSA) is 68.1 Å². The summed E-state index contributed by atoms with van der Waals surface area (Å²) in [5.41, 5.74) is 5.26. The third kappa shape index (κ3) is 3.35. The van der Waals surface area contributed by atoms with Gasteiger partial charge in [0.05, 0.1) is 11.0 Å². The van der Waals surface area contributed by atoms with Crippen molar-refractivity contribution in [3.05, 3.63) is 58.0 Å². The Labute approximate surface area is 152 Å². The number of nitrogens with one attached hydrogen (secondary N) is 2. The normalized spacial score (nSPS) is 10.9. The first-order valence-corrected chi connectivity index (χ1v) is 8.82. The van der Waals surface area contributed by atoms with Gasteiger partial charge in [-0.15, -0.1) is 0 Å². The van der Waals surface area contributed by atoms with Gasteiger partial charge in [0.25, 0.3) is 0 Å². The maximum absolute atomic E-state index is 12.4. The first kappa shape index (κ1) is 17.8. The van der Waals surface area contributed by atoms with Crippen molar-refractivity contribution < 1.29 is 4.79 Å². The molecule has 2 N–H and O–H groups in total. The summed E-state index contributed by atoms with van der Waals surface area (Å²) >= 11 is 0. The van der Waals surface area contributed by atoms with Gasteiger partial charge in [0.2, 0.25) is 0 Å². The molecule has 0 saturated carbocycles. The van der Waals surface area contributed by atoms with Crippen LogP contribution in [0.4, 0.5) is 16.2 Å². The van der Waals surface area contributed by atoms with E-state index in [1.54, 1.807) is 9.13 Å². The van der Waals surface area contributed by atoms with Crippen LogP contribution in [0.2, 0.25) is 0 Å². The molecule has 6 heteroatoms. The maximum Gasteiger partial charge on any atom is 0.329 e. The molecule has 0 aliphatic rings. The number of nitrogens with zero attached hydrogens (tertiary/aromatic N) is 2. The van der Waals surface area contributed by atoms with Crippen molar-refractivity contribution in [2.24, 2.45) is 0 Å². The van der Waals surface area contributed by atoms with E-state index in [9.17, 15) is 9.59 Å². The molecule has 0 fully saturated rings. The SMILES string of the molecule is CCn1c(=O)n(CC)c2cc(NC(=O)Nc3cc(C)cc(C)c3)ccc21. The van der Waals surface area contributed by atoms with Gasteiger partial charge in [0, 0.05) is 24.5 Å². The van der Waals surface area contributed by atoms with Crippen molar-refractivity contribution in [1.82, 2.24) is 9.13 Å². The molecule has 1 heterocycles. The lowest BCUT2D eigenvalue weighted by Crippen LogP contribution is -2.23. The van der Waals surface area contributed by atoms with Crippen LogP contribution in [-0.2, 0) is 13.1 Å². The number of anilines is 2. The molecule has 0 bridgehead atoms. The number of hydrogen-bond donors (Lipinski definition) is 2. The number of fused-ring (bicyclic) bond motifs is 1. The van der Waals surface area contributed by atoms with Crippen LogP contribution in [-0.4, -0.2) is 15.2 Å². The van der Waals surface area contributed by atoms with Gasteiger partial charge in [-0.3, -0.25) is 9.13 Å². The molecule has 0 aliphatic carbocycles. The molecule has 0 atom stereocenters. The first-order valence-electron chi connectivity index (χ1n) is 8.82. The highest BCUT2D eigenvalue weighted by Crippen LogP contribution is 2.20. The van der Waals surface area contributed by atoms with Crippen molar-refractivity contribution in [2.45, 2.75) is 40.8 Å². The summed E-state index contributed by atoms with van der Waals surface area (Å²) in [5, 5.41) is 5.70. The number of aromatic nitrogens is 2. The van der Waals surface area contributed by atoms with Crippen LogP contribution in [0.15, 0.2) is 41.2 Å². The molecule has 136 valence electrons. The number of imidazole rings is 1. The lowest BCUT2D eigenvalue weighted by molar-refractivity contribution is 0.262. The smallest absolute Gasteiger partial charge is 0.308 e. The molecule has 3 aromatic rings. The van der Waals surface area contributed by atoms with Gasteiger partial charge in [-0.05, 0) is 69.2 Å². The fraction of sp³-hybridized carbons (Fsp3) is 0.300.